The molecule has 0 aliphatic heterocycles. The van der Waals surface area contributed by atoms with Crippen LogP contribution in [0.2, 0.25) is 0 Å². The monoisotopic (exact) mass is 265 g/mol. The van der Waals surface area contributed by atoms with Crippen molar-refractivity contribution in [3.8, 4) is 0 Å². The van der Waals surface area contributed by atoms with Crippen molar-refractivity contribution in [2.45, 2.75) is 39.3 Å². The lowest BCUT2D eigenvalue weighted by molar-refractivity contribution is -0.124. The molecule has 0 saturated heterocycles. The summed E-state index contributed by atoms with van der Waals surface area (Å²) in [6, 6.07) is 3.58. The van der Waals surface area contributed by atoms with Crippen LogP contribution in [-0.4, -0.2) is 28.4 Å². The van der Waals surface area contributed by atoms with Crippen molar-refractivity contribution in [2.75, 3.05) is 0 Å². The van der Waals surface area contributed by atoms with E-state index in [2.05, 4.69) is 15.6 Å². The highest BCUT2D eigenvalue weighted by Crippen LogP contribution is 2.00. The molecular weight excluding hydrogens is 246 g/mol. The highest BCUT2D eigenvalue weighted by Gasteiger charge is 2.21. The number of nitrogens with one attached hydrogen (secondary N) is 3. The van der Waals surface area contributed by atoms with E-state index in [4.69, 9.17) is 0 Å². The van der Waals surface area contributed by atoms with E-state index in [9.17, 15) is 14.4 Å². The number of carbonyl (C=O) groups is 2. The van der Waals surface area contributed by atoms with Gasteiger partial charge in [0.05, 0.1) is 0 Å². The molecule has 0 bridgehead atoms. The number of carbonyl (C=O) groups excluding carboxylic acids is 2. The number of pyridine rings is 1. The van der Waals surface area contributed by atoms with Crippen LogP contribution in [0, 0.1) is 0 Å². The fourth-order valence-corrected chi connectivity index (χ4v) is 1.40. The summed E-state index contributed by atoms with van der Waals surface area (Å²) in [5, 5.41) is 5.29. The number of aromatic amines is 1. The maximum absolute atomic E-state index is 11.8. The van der Waals surface area contributed by atoms with Crippen LogP contribution in [0.25, 0.3) is 0 Å². The molecule has 1 aromatic rings. The first-order chi connectivity index (χ1) is 8.69. The largest absolute Gasteiger partial charge is 0.350 e. The highest BCUT2D eigenvalue weighted by atomic mass is 16.2. The molecule has 104 valence electrons. The molecule has 2 amide bonds. The van der Waals surface area contributed by atoms with Crippen LogP contribution >= 0.6 is 0 Å². The predicted molar refractivity (Wildman–Crippen MR) is 71.9 cm³/mol. The van der Waals surface area contributed by atoms with Crippen LogP contribution in [0.4, 0.5) is 0 Å². The molecule has 1 aromatic heterocycles. The molecule has 19 heavy (non-hydrogen) atoms. The normalized spacial score (nSPS) is 12.6. The zero-order valence-electron chi connectivity index (χ0n) is 11.5. The van der Waals surface area contributed by atoms with Gasteiger partial charge >= 0.3 is 0 Å². The molecule has 0 saturated carbocycles. The summed E-state index contributed by atoms with van der Waals surface area (Å²) >= 11 is 0. The Morgan fingerprint density at radius 2 is 1.89 bits per heavy atom. The molecule has 0 aliphatic carbocycles. The number of H-pyrrole nitrogens is 1. The summed E-state index contributed by atoms with van der Waals surface area (Å²) in [5.41, 5.74) is -0.598. The zero-order valence-corrected chi connectivity index (χ0v) is 11.5. The summed E-state index contributed by atoms with van der Waals surface area (Å²) in [7, 11) is 0. The van der Waals surface area contributed by atoms with Gasteiger partial charge in [-0.1, -0.05) is 6.07 Å². The predicted octanol–water partition coefficient (Wildman–Crippen LogP) is 0.408. The first-order valence-corrected chi connectivity index (χ1v) is 6.01. The third kappa shape index (κ3) is 4.95. The summed E-state index contributed by atoms with van der Waals surface area (Å²) in [4.78, 5) is 37.1. The maximum Gasteiger partial charge on any atom is 0.268 e. The molecule has 1 atom stereocenters. The number of hydrogen-bond donors (Lipinski definition) is 3. The lowest BCUT2D eigenvalue weighted by Gasteiger charge is -2.23. The minimum atomic E-state index is -0.685. The average molecular weight is 265 g/mol. The molecule has 1 rings (SSSR count). The second kappa shape index (κ2) is 5.69. The third-order valence-electron chi connectivity index (χ3n) is 2.25. The van der Waals surface area contributed by atoms with Crippen molar-refractivity contribution in [1.82, 2.24) is 15.6 Å². The second-order valence-electron chi connectivity index (χ2n) is 5.36. The number of hydrogen-bond acceptors (Lipinski definition) is 3. The van der Waals surface area contributed by atoms with Crippen LogP contribution in [0.15, 0.2) is 23.0 Å². The quantitative estimate of drug-likeness (QED) is 0.739. The lowest BCUT2D eigenvalue weighted by atomic mass is 10.1. The second-order valence-corrected chi connectivity index (χ2v) is 5.36. The fraction of sp³-hybridized carbons (Fsp3) is 0.462. The van der Waals surface area contributed by atoms with E-state index >= 15 is 0 Å². The van der Waals surface area contributed by atoms with Gasteiger partial charge < -0.3 is 15.6 Å². The van der Waals surface area contributed by atoms with Crippen molar-refractivity contribution in [3.05, 3.63) is 34.2 Å². The Morgan fingerprint density at radius 3 is 2.42 bits per heavy atom. The van der Waals surface area contributed by atoms with Crippen LogP contribution in [0.3, 0.4) is 0 Å². The van der Waals surface area contributed by atoms with E-state index in [1.165, 1.54) is 18.2 Å². The maximum atomic E-state index is 11.8. The standard InChI is InChI=1S/C13H19N3O3/c1-8(11(18)16-13(2,3)4)14-12(19)9-6-5-7-10(17)15-9/h5-8H,1-4H3,(H,14,19)(H,15,17)(H,16,18). The molecule has 0 aliphatic rings. The van der Waals surface area contributed by atoms with Crippen molar-refractivity contribution in [1.29, 1.82) is 0 Å². The van der Waals surface area contributed by atoms with Gasteiger partial charge in [0, 0.05) is 11.6 Å². The summed E-state index contributed by atoms with van der Waals surface area (Å²) in [6.07, 6.45) is 0. The molecule has 0 radical (unpaired) electrons. The fourth-order valence-electron chi connectivity index (χ4n) is 1.40. The molecule has 1 unspecified atom stereocenters. The number of amides is 2. The van der Waals surface area contributed by atoms with Crippen LogP contribution in [0.1, 0.15) is 38.2 Å². The van der Waals surface area contributed by atoms with Crippen molar-refractivity contribution < 1.29 is 9.59 Å². The van der Waals surface area contributed by atoms with E-state index in [0.29, 0.717) is 0 Å². The van der Waals surface area contributed by atoms with Gasteiger partial charge in [-0.3, -0.25) is 14.4 Å². The first-order valence-electron chi connectivity index (χ1n) is 6.01. The van der Waals surface area contributed by atoms with Crippen LogP contribution in [0.5, 0.6) is 0 Å². The van der Waals surface area contributed by atoms with Gasteiger partial charge in [-0.25, -0.2) is 0 Å². The Balaban J connectivity index is 2.67. The van der Waals surface area contributed by atoms with Crippen molar-refractivity contribution in [3.63, 3.8) is 0 Å². The molecule has 0 fully saturated rings. The van der Waals surface area contributed by atoms with Crippen LogP contribution in [-0.2, 0) is 4.79 Å². The van der Waals surface area contributed by atoms with E-state index in [1.54, 1.807) is 6.92 Å². The molecular formula is C13H19N3O3. The van der Waals surface area contributed by atoms with Crippen LogP contribution < -0.4 is 16.2 Å². The Hall–Kier alpha value is -2.11. The summed E-state index contributed by atoms with van der Waals surface area (Å²) in [5.74, 6) is -0.770. The number of aromatic nitrogens is 1. The molecule has 6 nitrogen and oxygen atoms in total. The van der Waals surface area contributed by atoms with Gasteiger partial charge in [0.2, 0.25) is 11.5 Å². The lowest BCUT2D eigenvalue weighted by Crippen LogP contribution is -2.51. The first kappa shape index (κ1) is 14.9. The van der Waals surface area contributed by atoms with Crippen molar-refractivity contribution >= 4 is 11.8 Å². The Kier molecular flexibility index (Phi) is 4.47. The molecule has 0 aromatic carbocycles. The van der Waals surface area contributed by atoms with Gasteiger partial charge in [0.1, 0.15) is 11.7 Å². The highest BCUT2D eigenvalue weighted by molar-refractivity contribution is 5.95. The molecule has 1 heterocycles. The molecule has 0 spiro atoms. The van der Waals surface area contributed by atoms with E-state index in [0.717, 1.165) is 0 Å². The van der Waals surface area contributed by atoms with Gasteiger partial charge in [0.15, 0.2) is 0 Å². The van der Waals surface area contributed by atoms with Gasteiger partial charge in [0.25, 0.3) is 5.91 Å². The Bertz CT molecular complexity index is 528. The van der Waals surface area contributed by atoms with E-state index in [1.807, 2.05) is 20.8 Å². The van der Waals surface area contributed by atoms with Gasteiger partial charge in [-0.2, -0.15) is 0 Å². The minimum Gasteiger partial charge on any atom is -0.350 e. The zero-order chi connectivity index (χ0) is 14.6. The minimum absolute atomic E-state index is 0.128. The van der Waals surface area contributed by atoms with E-state index < -0.39 is 11.9 Å². The average Bonchev–Trinajstić information content (AvgIpc) is 2.26. The summed E-state index contributed by atoms with van der Waals surface area (Å²) in [6.45, 7) is 7.15. The van der Waals surface area contributed by atoms with Gasteiger partial charge in [-0.05, 0) is 33.8 Å². The Morgan fingerprint density at radius 1 is 1.26 bits per heavy atom. The SMILES string of the molecule is CC(NC(=O)c1cccc(=O)[nH]1)C(=O)NC(C)(C)C. The summed E-state index contributed by atoms with van der Waals surface area (Å²) < 4.78 is 0. The topological polar surface area (TPSA) is 91.1 Å². The molecule has 6 heteroatoms. The third-order valence-corrected chi connectivity index (χ3v) is 2.25. The Labute approximate surface area is 111 Å². The van der Waals surface area contributed by atoms with E-state index in [-0.39, 0.29) is 22.7 Å². The van der Waals surface area contributed by atoms with Crippen molar-refractivity contribution in [2.24, 2.45) is 0 Å². The molecule has 3 N–H and O–H groups in total. The number of rotatable bonds is 3. The smallest absolute Gasteiger partial charge is 0.268 e. The van der Waals surface area contributed by atoms with Gasteiger partial charge in [-0.15, -0.1) is 0 Å².